The molecule has 140 valence electrons. The average molecular weight is 404 g/mol. The highest BCUT2D eigenvalue weighted by molar-refractivity contribution is 7.92. The summed E-state index contributed by atoms with van der Waals surface area (Å²) in [5, 5.41) is 14.3. The minimum absolute atomic E-state index is 0.0436. The topological polar surface area (TPSA) is 98.5 Å². The second-order valence-corrected chi connectivity index (χ2v) is 9.02. The number of nitrogens with zero attached hydrogens (tertiary/aromatic N) is 1. The summed E-state index contributed by atoms with van der Waals surface area (Å²) >= 11 is 0.849. The van der Waals surface area contributed by atoms with Crippen LogP contribution in [0.5, 0.6) is 11.5 Å². The Balaban J connectivity index is 1.76. The van der Waals surface area contributed by atoms with Crippen LogP contribution in [0, 0.1) is 10.1 Å². The summed E-state index contributed by atoms with van der Waals surface area (Å²) in [6.45, 7) is 0.288. The van der Waals surface area contributed by atoms with Gasteiger partial charge in [-0.15, -0.1) is 0 Å². The third-order valence-corrected chi connectivity index (χ3v) is 6.47. The van der Waals surface area contributed by atoms with E-state index >= 15 is 0 Å². The molecule has 0 saturated carbocycles. The van der Waals surface area contributed by atoms with Gasteiger partial charge in [-0.1, -0.05) is 41.7 Å². The zero-order valence-corrected chi connectivity index (χ0v) is 15.9. The van der Waals surface area contributed by atoms with Crippen LogP contribution in [-0.4, -0.2) is 19.6 Å². The van der Waals surface area contributed by atoms with E-state index < -0.39 is 14.8 Å². The molecule has 0 saturated heterocycles. The first-order chi connectivity index (χ1) is 12.8. The maximum atomic E-state index is 11.7. The summed E-state index contributed by atoms with van der Waals surface area (Å²) in [6, 6.07) is 17.7. The number of nitro groups is 1. The monoisotopic (exact) mass is 404 g/mol. The van der Waals surface area contributed by atoms with Crippen molar-refractivity contribution in [2.75, 3.05) is 11.6 Å². The summed E-state index contributed by atoms with van der Waals surface area (Å²) < 4.78 is 29.0. The highest BCUT2D eigenvalue weighted by Crippen LogP contribution is 2.37. The predicted octanol–water partition coefficient (Wildman–Crippen LogP) is 4.46. The van der Waals surface area contributed by atoms with Crippen LogP contribution in [0.1, 0.15) is 5.56 Å². The second-order valence-electron chi connectivity index (χ2n) is 5.73. The van der Waals surface area contributed by atoms with E-state index in [0.717, 1.165) is 29.2 Å². The largest absolute Gasteiger partial charge is 0.457 e. The fraction of sp³-hybridized carbons (Fsp3) is 0.111. The van der Waals surface area contributed by atoms with Crippen molar-refractivity contribution in [2.24, 2.45) is 0 Å². The van der Waals surface area contributed by atoms with Crippen molar-refractivity contribution >= 4 is 31.9 Å². The molecule has 2 aromatic carbocycles. The summed E-state index contributed by atoms with van der Waals surface area (Å²) in [4.78, 5) is 10.6. The second kappa shape index (κ2) is 7.77. The molecule has 0 amide bonds. The molecule has 3 rings (SSSR count). The Morgan fingerprint density at radius 2 is 1.78 bits per heavy atom. The van der Waals surface area contributed by atoms with E-state index in [9.17, 15) is 18.5 Å². The number of rotatable bonds is 7. The smallest absolute Gasteiger partial charge is 0.304 e. The number of ether oxygens (including phenoxy) is 1. The van der Waals surface area contributed by atoms with E-state index in [4.69, 9.17) is 4.74 Å². The molecule has 0 radical (unpaired) electrons. The Bertz CT molecular complexity index is 1060. The molecule has 3 aromatic rings. The summed E-state index contributed by atoms with van der Waals surface area (Å²) in [7, 11) is -3.51. The molecule has 0 bridgehead atoms. The van der Waals surface area contributed by atoms with Gasteiger partial charge in [-0.3, -0.25) is 10.1 Å². The van der Waals surface area contributed by atoms with Crippen LogP contribution in [0.2, 0.25) is 0 Å². The van der Waals surface area contributed by atoms with E-state index in [0.29, 0.717) is 11.5 Å². The molecular formula is C18H16N2O5S2. The van der Waals surface area contributed by atoms with Crippen molar-refractivity contribution in [1.82, 2.24) is 0 Å². The number of hydrogen-bond acceptors (Lipinski definition) is 7. The van der Waals surface area contributed by atoms with Gasteiger partial charge in [-0.05, 0) is 29.8 Å². The van der Waals surface area contributed by atoms with Gasteiger partial charge in [0.15, 0.2) is 14.8 Å². The molecule has 7 nitrogen and oxygen atoms in total. The first-order valence-electron chi connectivity index (χ1n) is 7.87. The van der Waals surface area contributed by atoms with Gasteiger partial charge < -0.3 is 10.1 Å². The van der Waals surface area contributed by atoms with Gasteiger partial charge in [0.05, 0.1) is 4.92 Å². The molecule has 0 fully saturated rings. The zero-order chi connectivity index (χ0) is 19.4. The van der Waals surface area contributed by atoms with Crippen LogP contribution in [0.4, 0.5) is 10.7 Å². The third kappa shape index (κ3) is 4.83. The van der Waals surface area contributed by atoms with Gasteiger partial charge in [0.2, 0.25) is 0 Å². The van der Waals surface area contributed by atoms with E-state index in [1.54, 1.807) is 0 Å². The van der Waals surface area contributed by atoms with E-state index in [-0.39, 0.29) is 21.4 Å². The number of sulfone groups is 1. The number of benzene rings is 2. The van der Waals surface area contributed by atoms with Crippen molar-refractivity contribution in [3.8, 4) is 11.5 Å². The van der Waals surface area contributed by atoms with E-state index in [2.05, 4.69) is 5.32 Å². The Hall–Kier alpha value is -2.91. The van der Waals surface area contributed by atoms with Gasteiger partial charge in [0.25, 0.3) is 0 Å². The van der Waals surface area contributed by atoms with Crippen LogP contribution < -0.4 is 10.1 Å². The number of para-hydroxylation sites is 1. The maximum absolute atomic E-state index is 11.7. The normalized spacial score (nSPS) is 11.1. The Kier molecular flexibility index (Phi) is 5.43. The first-order valence-corrected chi connectivity index (χ1v) is 10.6. The fourth-order valence-corrected chi connectivity index (χ4v) is 4.27. The molecule has 0 aliphatic heterocycles. The minimum atomic E-state index is -3.51. The fourth-order valence-electron chi connectivity index (χ4n) is 2.33. The number of anilines is 1. The standard InChI is InChI=1S/C18H16N2O5S2/c1-27(23,24)17-11-16(20(21)22)18(26-17)19-12-13-6-5-9-15(10-13)25-14-7-3-2-4-8-14/h2-11,19H,12H2,1H3. The third-order valence-electron chi connectivity index (χ3n) is 3.58. The lowest BCUT2D eigenvalue weighted by molar-refractivity contribution is -0.383. The van der Waals surface area contributed by atoms with Crippen molar-refractivity contribution in [2.45, 2.75) is 10.8 Å². The van der Waals surface area contributed by atoms with Crippen LogP contribution in [0.25, 0.3) is 0 Å². The molecule has 0 unspecified atom stereocenters. The van der Waals surface area contributed by atoms with Crippen LogP contribution in [0.3, 0.4) is 0 Å². The van der Waals surface area contributed by atoms with Gasteiger partial charge in [0, 0.05) is 18.9 Å². The lowest BCUT2D eigenvalue weighted by Gasteiger charge is -2.08. The molecule has 1 N–H and O–H groups in total. The van der Waals surface area contributed by atoms with Crippen molar-refractivity contribution in [1.29, 1.82) is 0 Å². The molecule has 0 spiro atoms. The predicted molar refractivity (Wildman–Crippen MR) is 104 cm³/mol. The van der Waals surface area contributed by atoms with E-state index in [1.807, 2.05) is 54.6 Å². The maximum Gasteiger partial charge on any atom is 0.304 e. The Labute approximate surface area is 160 Å². The molecule has 0 aliphatic carbocycles. The van der Waals surface area contributed by atoms with Crippen molar-refractivity contribution in [3.63, 3.8) is 0 Å². The van der Waals surface area contributed by atoms with Crippen LogP contribution in [0.15, 0.2) is 64.9 Å². The van der Waals surface area contributed by atoms with Crippen LogP contribution in [-0.2, 0) is 16.4 Å². The Morgan fingerprint density at radius 1 is 1.07 bits per heavy atom. The Morgan fingerprint density at radius 3 is 2.44 bits per heavy atom. The molecule has 27 heavy (non-hydrogen) atoms. The van der Waals surface area contributed by atoms with Crippen molar-refractivity contribution < 1.29 is 18.1 Å². The highest BCUT2D eigenvalue weighted by Gasteiger charge is 2.23. The van der Waals surface area contributed by atoms with Gasteiger partial charge in [0.1, 0.15) is 15.7 Å². The quantitative estimate of drug-likeness (QED) is 0.461. The van der Waals surface area contributed by atoms with E-state index in [1.165, 1.54) is 0 Å². The lowest BCUT2D eigenvalue weighted by Crippen LogP contribution is -2.00. The van der Waals surface area contributed by atoms with Gasteiger partial charge in [-0.25, -0.2) is 8.42 Å². The lowest BCUT2D eigenvalue weighted by atomic mass is 10.2. The summed E-state index contributed by atoms with van der Waals surface area (Å²) in [6.07, 6.45) is 1.02. The molecule has 0 atom stereocenters. The van der Waals surface area contributed by atoms with Crippen LogP contribution >= 0.6 is 11.3 Å². The van der Waals surface area contributed by atoms with Gasteiger partial charge >= 0.3 is 5.69 Å². The van der Waals surface area contributed by atoms with Gasteiger partial charge in [-0.2, -0.15) is 0 Å². The number of hydrogen-bond donors (Lipinski definition) is 1. The number of nitrogens with one attached hydrogen (secondary N) is 1. The van der Waals surface area contributed by atoms with Crippen molar-refractivity contribution in [3.05, 3.63) is 76.3 Å². The molecule has 0 aliphatic rings. The molecule has 1 aromatic heterocycles. The number of thiophene rings is 1. The molecular weight excluding hydrogens is 388 g/mol. The SMILES string of the molecule is CS(=O)(=O)c1cc([N+](=O)[O-])c(NCc2cccc(Oc3ccccc3)c2)s1. The molecule has 1 heterocycles. The first kappa shape index (κ1) is 18.9. The summed E-state index contributed by atoms with van der Waals surface area (Å²) in [5.74, 6) is 1.34. The average Bonchev–Trinajstić information content (AvgIpc) is 3.06. The summed E-state index contributed by atoms with van der Waals surface area (Å²) in [5.41, 5.74) is 0.587. The zero-order valence-electron chi connectivity index (χ0n) is 14.3. The minimum Gasteiger partial charge on any atom is -0.457 e. The highest BCUT2D eigenvalue weighted by atomic mass is 32.2. The molecule has 9 heteroatoms.